The van der Waals surface area contributed by atoms with Gasteiger partial charge in [-0.15, -0.1) is 11.3 Å². The number of carbonyl (C=O) groups excluding carboxylic acids is 1. The highest BCUT2D eigenvalue weighted by atomic mass is 32.1. The van der Waals surface area contributed by atoms with Gasteiger partial charge in [-0.2, -0.15) is 0 Å². The summed E-state index contributed by atoms with van der Waals surface area (Å²) >= 11 is 1.42. The topological polar surface area (TPSA) is 81.1 Å². The molecule has 0 radical (unpaired) electrons. The van der Waals surface area contributed by atoms with Gasteiger partial charge < -0.3 is 9.64 Å². The fourth-order valence-electron chi connectivity index (χ4n) is 3.35. The van der Waals surface area contributed by atoms with Gasteiger partial charge in [0.25, 0.3) is 5.91 Å². The van der Waals surface area contributed by atoms with Crippen molar-refractivity contribution in [1.29, 1.82) is 0 Å². The van der Waals surface area contributed by atoms with Gasteiger partial charge >= 0.3 is 0 Å². The Hall–Kier alpha value is -2.97. The minimum Gasteiger partial charge on any atom is -0.377 e. The van der Waals surface area contributed by atoms with Crippen LogP contribution in [0.5, 0.6) is 0 Å². The number of pyridine rings is 2. The summed E-state index contributed by atoms with van der Waals surface area (Å²) in [4.78, 5) is 33.9. The number of amides is 1. The summed E-state index contributed by atoms with van der Waals surface area (Å²) in [5.74, 6) is 0.0444. The molecule has 0 aliphatic carbocycles. The number of morpholine rings is 1. The summed E-state index contributed by atoms with van der Waals surface area (Å²) in [6.45, 7) is 3.80. The van der Waals surface area contributed by atoms with Crippen molar-refractivity contribution in [3.05, 3.63) is 47.7 Å². The van der Waals surface area contributed by atoms with Crippen LogP contribution >= 0.6 is 11.3 Å². The third-order valence-electron chi connectivity index (χ3n) is 4.84. The number of nitrogens with zero attached hydrogens (tertiary/aromatic N) is 5. The predicted octanol–water partition coefficient (Wildman–Crippen LogP) is 3.16. The van der Waals surface area contributed by atoms with E-state index < -0.39 is 0 Å². The van der Waals surface area contributed by atoms with E-state index in [0.717, 1.165) is 27.0 Å². The van der Waals surface area contributed by atoms with Crippen LogP contribution in [0.2, 0.25) is 0 Å². The number of hydrogen-bond donors (Lipinski definition) is 0. The third-order valence-corrected chi connectivity index (χ3v) is 5.88. The summed E-state index contributed by atoms with van der Waals surface area (Å²) in [6, 6.07) is 7.87. The second-order valence-electron chi connectivity index (χ2n) is 6.75. The quantitative estimate of drug-likeness (QED) is 0.522. The molecule has 1 aliphatic heterocycles. The minimum atomic E-state index is 0.0444. The van der Waals surface area contributed by atoms with Gasteiger partial charge in [-0.25, -0.2) is 15.0 Å². The standard InChI is InChI=1S/C20H17N5O2S/c1-12-11-27-7-6-25(12)20(26)17-9-13-2-3-15(24-19(13)28-17)14-8-16-18(23-10-14)22-5-4-21-16/h2-5,8-10,12H,6-7,11H2,1H3/t12-/m0/s1. The van der Waals surface area contributed by atoms with Crippen molar-refractivity contribution in [2.45, 2.75) is 13.0 Å². The van der Waals surface area contributed by atoms with Crippen LogP contribution in [0.1, 0.15) is 16.6 Å². The highest BCUT2D eigenvalue weighted by Crippen LogP contribution is 2.29. The second-order valence-corrected chi connectivity index (χ2v) is 7.78. The molecule has 4 aromatic heterocycles. The molecule has 0 aromatic carbocycles. The predicted molar refractivity (Wildman–Crippen MR) is 107 cm³/mol. The first-order valence-corrected chi connectivity index (χ1v) is 9.87. The first-order chi connectivity index (χ1) is 13.7. The molecule has 1 atom stereocenters. The van der Waals surface area contributed by atoms with Crippen LogP contribution in [-0.4, -0.2) is 56.5 Å². The Kier molecular flexibility index (Phi) is 4.22. The van der Waals surface area contributed by atoms with Crippen LogP contribution in [0.15, 0.2) is 42.9 Å². The van der Waals surface area contributed by atoms with Crippen molar-refractivity contribution < 1.29 is 9.53 Å². The number of thiophene rings is 1. The number of rotatable bonds is 2. The Bertz CT molecular complexity index is 1190. The average molecular weight is 391 g/mol. The zero-order valence-electron chi connectivity index (χ0n) is 15.2. The molecular weight excluding hydrogens is 374 g/mol. The van der Waals surface area contributed by atoms with Gasteiger partial charge in [0.05, 0.1) is 29.8 Å². The van der Waals surface area contributed by atoms with Crippen molar-refractivity contribution in [3.8, 4) is 11.3 Å². The molecule has 0 bridgehead atoms. The van der Waals surface area contributed by atoms with E-state index in [1.54, 1.807) is 18.6 Å². The fraction of sp³-hybridized carbons (Fsp3) is 0.250. The SMILES string of the molecule is C[C@H]1COCCN1C(=O)c1cc2ccc(-c3cnc4nccnc4c3)nc2s1. The van der Waals surface area contributed by atoms with E-state index >= 15 is 0 Å². The van der Waals surface area contributed by atoms with Crippen LogP contribution in [0.3, 0.4) is 0 Å². The van der Waals surface area contributed by atoms with Gasteiger partial charge in [-0.1, -0.05) is 0 Å². The molecule has 1 aliphatic rings. The zero-order chi connectivity index (χ0) is 19.1. The molecule has 0 saturated carbocycles. The Morgan fingerprint density at radius 1 is 1.21 bits per heavy atom. The van der Waals surface area contributed by atoms with Crippen LogP contribution < -0.4 is 0 Å². The summed E-state index contributed by atoms with van der Waals surface area (Å²) in [7, 11) is 0. The Balaban J connectivity index is 1.50. The summed E-state index contributed by atoms with van der Waals surface area (Å²) in [5, 5.41) is 0.964. The molecule has 1 amide bonds. The maximum Gasteiger partial charge on any atom is 0.264 e. The number of aromatic nitrogens is 4. The fourth-order valence-corrected chi connectivity index (χ4v) is 4.34. The van der Waals surface area contributed by atoms with Crippen molar-refractivity contribution in [1.82, 2.24) is 24.8 Å². The minimum absolute atomic E-state index is 0.0444. The first kappa shape index (κ1) is 17.2. The number of fused-ring (bicyclic) bond motifs is 2. The highest BCUT2D eigenvalue weighted by Gasteiger charge is 2.26. The summed E-state index contributed by atoms with van der Waals surface area (Å²) in [6.07, 6.45) is 5.02. The monoisotopic (exact) mass is 391 g/mol. The molecule has 7 nitrogen and oxygen atoms in total. The van der Waals surface area contributed by atoms with Crippen molar-refractivity contribution in [3.63, 3.8) is 0 Å². The van der Waals surface area contributed by atoms with Crippen molar-refractivity contribution >= 4 is 38.6 Å². The van der Waals surface area contributed by atoms with E-state index in [-0.39, 0.29) is 11.9 Å². The van der Waals surface area contributed by atoms with E-state index in [9.17, 15) is 4.79 Å². The molecule has 140 valence electrons. The lowest BCUT2D eigenvalue weighted by Crippen LogP contribution is -2.46. The first-order valence-electron chi connectivity index (χ1n) is 9.05. The molecule has 4 aromatic rings. The Morgan fingerprint density at radius 2 is 2.11 bits per heavy atom. The van der Waals surface area contributed by atoms with Crippen molar-refractivity contribution in [2.24, 2.45) is 0 Å². The largest absolute Gasteiger partial charge is 0.377 e. The summed E-state index contributed by atoms with van der Waals surface area (Å²) in [5.41, 5.74) is 3.01. The molecule has 28 heavy (non-hydrogen) atoms. The Morgan fingerprint density at radius 3 is 3.00 bits per heavy atom. The van der Waals surface area contributed by atoms with Gasteiger partial charge in [-0.05, 0) is 31.2 Å². The Labute approximate surface area is 165 Å². The highest BCUT2D eigenvalue weighted by molar-refractivity contribution is 7.20. The van der Waals surface area contributed by atoms with Gasteiger partial charge in [0.2, 0.25) is 0 Å². The molecule has 5 rings (SSSR count). The van der Waals surface area contributed by atoms with E-state index in [4.69, 9.17) is 9.72 Å². The molecule has 0 unspecified atom stereocenters. The van der Waals surface area contributed by atoms with E-state index in [0.29, 0.717) is 30.3 Å². The molecule has 0 N–H and O–H groups in total. The normalized spacial score (nSPS) is 17.3. The molecule has 5 heterocycles. The third kappa shape index (κ3) is 3.00. The number of ether oxygens (including phenoxy) is 1. The van der Waals surface area contributed by atoms with Crippen molar-refractivity contribution in [2.75, 3.05) is 19.8 Å². The van der Waals surface area contributed by atoms with Crippen LogP contribution in [0, 0.1) is 0 Å². The molecule has 1 saturated heterocycles. The molecular formula is C20H17N5O2S. The lowest BCUT2D eigenvalue weighted by molar-refractivity contribution is 0.00387. The van der Waals surface area contributed by atoms with E-state index in [1.807, 2.05) is 36.1 Å². The average Bonchev–Trinajstić information content (AvgIpc) is 3.16. The number of hydrogen-bond acceptors (Lipinski definition) is 7. The molecule has 8 heteroatoms. The lowest BCUT2D eigenvalue weighted by Gasteiger charge is -2.32. The maximum absolute atomic E-state index is 12.9. The maximum atomic E-state index is 12.9. The molecule has 0 spiro atoms. The van der Waals surface area contributed by atoms with Crippen LogP contribution in [-0.2, 0) is 4.74 Å². The van der Waals surface area contributed by atoms with Gasteiger partial charge in [0.1, 0.15) is 10.3 Å². The van der Waals surface area contributed by atoms with E-state index in [1.165, 1.54) is 11.3 Å². The van der Waals surface area contributed by atoms with Gasteiger partial charge in [0.15, 0.2) is 5.65 Å². The van der Waals surface area contributed by atoms with Crippen LogP contribution in [0.4, 0.5) is 0 Å². The lowest BCUT2D eigenvalue weighted by atomic mass is 10.1. The van der Waals surface area contributed by atoms with E-state index in [2.05, 4.69) is 15.0 Å². The van der Waals surface area contributed by atoms with Gasteiger partial charge in [0, 0.05) is 36.1 Å². The number of carbonyl (C=O) groups is 1. The zero-order valence-corrected chi connectivity index (χ0v) is 16.0. The van der Waals surface area contributed by atoms with Gasteiger partial charge in [-0.3, -0.25) is 9.78 Å². The summed E-state index contributed by atoms with van der Waals surface area (Å²) < 4.78 is 5.43. The van der Waals surface area contributed by atoms with Crippen LogP contribution in [0.25, 0.3) is 32.6 Å². The smallest absolute Gasteiger partial charge is 0.264 e. The molecule has 1 fully saturated rings. The second kappa shape index (κ2) is 6.88.